The summed E-state index contributed by atoms with van der Waals surface area (Å²) in [7, 11) is 0. The number of hydrogen-bond donors (Lipinski definition) is 2. The van der Waals surface area contributed by atoms with Crippen molar-refractivity contribution in [3.8, 4) is 0 Å². The van der Waals surface area contributed by atoms with Crippen LogP contribution in [-0.2, 0) is 0 Å². The Labute approximate surface area is 136 Å². The van der Waals surface area contributed by atoms with Crippen LogP contribution in [0.1, 0.15) is 50.4 Å². The molecule has 0 fully saturated rings. The first-order chi connectivity index (χ1) is 10.8. The van der Waals surface area contributed by atoms with Crippen LogP contribution in [0.5, 0.6) is 0 Å². The van der Waals surface area contributed by atoms with Gasteiger partial charge < -0.3 is 10.4 Å². The summed E-state index contributed by atoms with van der Waals surface area (Å²) in [6.07, 6.45) is 5.22. The van der Waals surface area contributed by atoms with E-state index in [-0.39, 0.29) is 11.3 Å². The monoisotopic (exact) mass is 320 g/mol. The SMILES string of the molecule is CC(C)=CCCC(C)CCNc1ccc(C(=O)O)cc1[N+](=O)[O-]. The molecule has 6 heteroatoms. The number of nitrogens with one attached hydrogen (secondary N) is 1. The lowest BCUT2D eigenvalue weighted by Crippen LogP contribution is -2.09. The number of benzene rings is 1. The molecule has 0 heterocycles. The van der Waals surface area contributed by atoms with Crippen molar-refractivity contribution in [3.05, 3.63) is 45.5 Å². The van der Waals surface area contributed by atoms with Crippen molar-refractivity contribution in [1.29, 1.82) is 0 Å². The summed E-state index contributed by atoms with van der Waals surface area (Å²) in [5, 5.41) is 23.0. The third-order valence-corrected chi connectivity index (χ3v) is 3.61. The van der Waals surface area contributed by atoms with E-state index in [2.05, 4.69) is 32.2 Å². The Balaban J connectivity index is 2.59. The Morgan fingerprint density at radius 3 is 2.65 bits per heavy atom. The van der Waals surface area contributed by atoms with Crippen molar-refractivity contribution >= 4 is 17.3 Å². The van der Waals surface area contributed by atoms with Gasteiger partial charge in [-0.25, -0.2) is 4.79 Å². The minimum atomic E-state index is -1.17. The van der Waals surface area contributed by atoms with Crippen molar-refractivity contribution in [2.24, 2.45) is 5.92 Å². The van der Waals surface area contributed by atoms with Gasteiger partial charge in [0.2, 0.25) is 0 Å². The highest BCUT2D eigenvalue weighted by Gasteiger charge is 2.17. The Hall–Kier alpha value is -2.37. The lowest BCUT2D eigenvalue weighted by molar-refractivity contribution is -0.384. The van der Waals surface area contributed by atoms with E-state index in [9.17, 15) is 14.9 Å². The van der Waals surface area contributed by atoms with Gasteiger partial charge in [-0.15, -0.1) is 0 Å². The molecule has 0 aliphatic heterocycles. The lowest BCUT2D eigenvalue weighted by atomic mass is 10.0. The van der Waals surface area contributed by atoms with Crippen molar-refractivity contribution in [3.63, 3.8) is 0 Å². The summed E-state index contributed by atoms with van der Waals surface area (Å²) < 4.78 is 0. The zero-order valence-electron chi connectivity index (χ0n) is 13.8. The van der Waals surface area contributed by atoms with Crippen LogP contribution >= 0.6 is 0 Å². The molecule has 0 saturated carbocycles. The van der Waals surface area contributed by atoms with Gasteiger partial charge in [-0.2, -0.15) is 0 Å². The summed E-state index contributed by atoms with van der Waals surface area (Å²) in [4.78, 5) is 21.4. The van der Waals surface area contributed by atoms with Crippen LogP contribution in [0.15, 0.2) is 29.8 Å². The highest BCUT2D eigenvalue weighted by Crippen LogP contribution is 2.26. The van der Waals surface area contributed by atoms with E-state index in [1.165, 1.54) is 17.7 Å². The molecular weight excluding hydrogens is 296 g/mol. The third kappa shape index (κ3) is 6.50. The van der Waals surface area contributed by atoms with Gasteiger partial charge in [-0.05, 0) is 51.2 Å². The molecule has 1 unspecified atom stereocenters. The van der Waals surface area contributed by atoms with E-state index in [1.807, 2.05) is 0 Å². The summed E-state index contributed by atoms with van der Waals surface area (Å²) in [6, 6.07) is 3.91. The zero-order valence-corrected chi connectivity index (χ0v) is 13.8. The Kier molecular flexibility index (Phi) is 7.25. The van der Waals surface area contributed by atoms with Gasteiger partial charge in [0.05, 0.1) is 10.5 Å². The van der Waals surface area contributed by atoms with Gasteiger partial charge in [0.15, 0.2) is 0 Å². The van der Waals surface area contributed by atoms with E-state index in [4.69, 9.17) is 5.11 Å². The molecule has 0 aliphatic rings. The fourth-order valence-corrected chi connectivity index (χ4v) is 2.22. The molecule has 0 saturated heterocycles. The van der Waals surface area contributed by atoms with Gasteiger partial charge in [-0.1, -0.05) is 18.6 Å². The average molecular weight is 320 g/mol. The number of nitrogens with zero attached hydrogens (tertiary/aromatic N) is 1. The first-order valence-corrected chi connectivity index (χ1v) is 7.70. The largest absolute Gasteiger partial charge is 0.478 e. The van der Waals surface area contributed by atoms with E-state index >= 15 is 0 Å². The average Bonchev–Trinajstić information content (AvgIpc) is 2.46. The fourth-order valence-electron chi connectivity index (χ4n) is 2.22. The quantitative estimate of drug-likeness (QED) is 0.397. The molecule has 1 aromatic carbocycles. The van der Waals surface area contributed by atoms with E-state index in [0.29, 0.717) is 18.2 Å². The number of nitro groups is 1. The molecule has 1 atom stereocenters. The van der Waals surface area contributed by atoms with Crippen molar-refractivity contribution in [1.82, 2.24) is 0 Å². The number of aromatic carboxylic acids is 1. The highest BCUT2D eigenvalue weighted by molar-refractivity contribution is 5.89. The maximum Gasteiger partial charge on any atom is 0.335 e. The molecule has 0 amide bonds. The number of carboxylic acid groups (broad SMARTS) is 1. The molecule has 0 bridgehead atoms. The summed E-state index contributed by atoms with van der Waals surface area (Å²) in [5.41, 5.74) is 1.38. The Bertz CT molecular complexity index is 592. The molecule has 0 radical (unpaired) electrons. The standard InChI is InChI=1S/C17H24N2O4/c1-12(2)5-4-6-13(3)9-10-18-15-8-7-14(17(20)21)11-16(15)19(22)23/h5,7-8,11,13,18H,4,6,9-10H2,1-3H3,(H,20,21). The van der Waals surface area contributed by atoms with Gasteiger partial charge >= 0.3 is 5.97 Å². The normalized spacial score (nSPS) is 11.6. The molecule has 0 aromatic heterocycles. The maximum absolute atomic E-state index is 11.1. The molecular formula is C17H24N2O4. The van der Waals surface area contributed by atoms with E-state index < -0.39 is 10.9 Å². The second kappa shape index (κ2) is 8.92. The van der Waals surface area contributed by atoms with Crippen molar-refractivity contribution in [2.75, 3.05) is 11.9 Å². The minimum absolute atomic E-state index is 0.0858. The zero-order chi connectivity index (χ0) is 17.4. The number of carbonyl (C=O) groups is 1. The molecule has 23 heavy (non-hydrogen) atoms. The number of hydrogen-bond acceptors (Lipinski definition) is 4. The minimum Gasteiger partial charge on any atom is -0.478 e. The van der Waals surface area contributed by atoms with Crippen LogP contribution in [-0.4, -0.2) is 22.5 Å². The predicted molar refractivity (Wildman–Crippen MR) is 91.0 cm³/mol. The van der Waals surface area contributed by atoms with Gasteiger partial charge in [0.1, 0.15) is 5.69 Å². The van der Waals surface area contributed by atoms with Crippen LogP contribution in [0.25, 0.3) is 0 Å². The number of nitro benzene ring substituents is 1. The van der Waals surface area contributed by atoms with Gasteiger partial charge in [0.25, 0.3) is 5.69 Å². The van der Waals surface area contributed by atoms with E-state index in [1.54, 1.807) is 0 Å². The third-order valence-electron chi connectivity index (χ3n) is 3.61. The molecule has 1 rings (SSSR count). The van der Waals surface area contributed by atoms with Crippen LogP contribution in [0.3, 0.4) is 0 Å². The van der Waals surface area contributed by atoms with Crippen LogP contribution in [0.4, 0.5) is 11.4 Å². The molecule has 1 aromatic rings. The summed E-state index contributed by atoms with van der Waals surface area (Å²) >= 11 is 0. The van der Waals surface area contributed by atoms with Gasteiger partial charge in [-0.3, -0.25) is 10.1 Å². The predicted octanol–water partition coefficient (Wildman–Crippen LogP) is 4.48. The van der Waals surface area contributed by atoms with Crippen LogP contribution < -0.4 is 5.32 Å². The second-order valence-corrected chi connectivity index (χ2v) is 5.97. The molecule has 126 valence electrons. The molecule has 6 nitrogen and oxygen atoms in total. The fraction of sp³-hybridized carbons (Fsp3) is 0.471. The topological polar surface area (TPSA) is 92.5 Å². The van der Waals surface area contributed by atoms with Crippen molar-refractivity contribution < 1.29 is 14.8 Å². The Morgan fingerprint density at radius 1 is 1.39 bits per heavy atom. The van der Waals surface area contributed by atoms with Crippen LogP contribution in [0.2, 0.25) is 0 Å². The van der Waals surface area contributed by atoms with Crippen LogP contribution in [0, 0.1) is 16.0 Å². The first-order valence-electron chi connectivity index (χ1n) is 7.70. The number of anilines is 1. The van der Waals surface area contributed by atoms with Gasteiger partial charge in [0, 0.05) is 12.6 Å². The maximum atomic E-state index is 11.1. The smallest absolute Gasteiger partial charge is 0.335 e. The molecule has 2 N–H and O–H groups in total. The summed E-state index contributed by atoms with van der Waals surface area (Å²) in [5.74, 6) is -0.664. The van der Waals surface area contributed by atoms with Crippen molar-refractivity contribution in [2.45, 2.75) is 40.0 Å². The highest BCUT2D eigenvalue weighted by atomic mass is 16.6. The lowest BCUT2D eigenvalue weighted by Gasteiger charge is -2.12. The summed E-state index contributed by atoms with van der Waals surface area (Å²) in [6.45, 7) is 6.92. The number of carboxylic acids is 1. The Morgan fingerprint density at radius 2 is 2.09 bits per heavy atom. The number of rotatable bonds is 9. The molecule has 0 aliphatic carbocycles. The molecule has 0 spiro atoms. The first kappa shape index (κ1) is 18.7. The van der Waals surface area contributed by atoms with E-state index in [0.717, 1.165) is 25.3 Å². The number of allylic oxidation sites excluding steroid dienone is 2. The second-order valence-electron chi connectivity index (χ2n) is 5.97.